The van der Waals surface area contributed by atoms with Gasteiger partial charge >= 0.3 is 5.97 Å². The van der Waals surface area contributed by atoms with E-state index in [-0.39, 0.29) is 12.0 Å². The number of nitrogens with zero attached hydrogens (tertiary/aromatic N) is 3. The lowest BCUT2D eigenvalue weighted by Gasteiger charge is -2.27. The molecule has 5 nitrogen and oxygen atoms in total. The molecule has 0 saturated carbocycles. The number of esters is 1. The second-order valence-electron chi connectivity index (χ2n) is 6.69. The lowest BCUT2D eigenvalue weighted by atomic mass is 10.1. The van der Waals surface area contributed by atoms with E-state index in [1.165, 1.54) is 29.6 Å². The smallest absolute Gasteiger partial charge is 0.348 e. The van der Waals surface area contributed by atoms with Crippen LogP contribution in [0.4, 0.5) is 5.82 Å². The van der Waals surface area contributed by atoms with Crippen molar-refractivity contribution in [2.45, 2.75) is 32.7 Å². The molecule has 0 fully saturated rings. The van der Waals surface area contributed by atoms with Crippen molar-refractivity contribution in [2.75, 3.05) is 19.1 Å². The largest absolute Gasteiger partial charge is 0.465 e. The molecule has 2 aromatic heterocycles. The number of fused-ring (bicyclic) bond motifs is 2. The number of anilines is 1. The summed E-state index contributed by atoms with van der Waals surface area (Å²) < 4.78 is 4.93. The normalized spacial score (nSPS) is 15.9. The summed E-state index contributed by atoms with van der Waals surface area (Å²) in [5.41, 5.74) is 3.66. The fourth-order valence-corrected chi connectivity index (χ4v) is 4.99. The summed E-state index contributed by atoms with van der Waals surface area (Å²) in [6.45, 7) is 3.84. The van der Waals surface area contributed by atoms with Crippen LogP contribution in [-0.4, -0.2) is 30.1 Å². The van der Waals surface area contributed by atoms with E-state index in [0.29, 0.717) is 10.7 Å². The van der Waals surface area contributed by atoms with Crippen LogP contribution in [-0.2, 0) is 11.2 Å². The van der Waals surface area contributed by atoms with Gasteiger partial charge < -0.3 is 9.64 Å². The zero-order valence-corrected chi connectivity index (χ0v) is 16.2. The third-order valence-electron chi connectivity index (χ3n) is 5.16. The number of aromatic nitrogens is 2. The fraction of sp³-hybridized carbons (Fsp3) is 0.350. The molecule has 26 heavy (non-hydrogen) atoms. The van der Waals surface area contributed by atoms with Gasteiger partial charge in [0.25, 0.3) is 0 Å². The number of hydrogen-bond donors (Lipinski definition) is 0. The van der Waals surface area contributed by atoms with Gasteiger partial charge in [-0.2, -0.15) is 0 Å². The molecule has 134 valence electrons. The monoisotopic (exact) mass is 367 g/mol. The van der Waals surface area contributed by atoms with Crippen molar-refractivity contribution >= 4 is 33.3 Å². The van der Waals surface area contributed by atoms with Crippen LogP contribution >= 0.6 is 11.3 Å². The first-order valence-corrected chi connectivity index (χ1v) is 9.49. The minimum Gasteiger partial charge on any atom is -0.465 e. The molecule has 0 amide bonds. The summed E-state index contributed by atoms with van der Waals surface area (Å²) in [6, 6.07) is 8.88. The highest BCUT2D eigenvalue weighted by Gasteiger charge is 2.29. The van der Waals surface area contributed by atoms with E-state index in [1.54, 1.807) is 0 Å². The van der Waals surface area contributed by atoms with Gasteiger partial charge in [0.1, 0.15) is 21.3 Å². The summed E-state index contributed by atoms with van der Waals surface area (Å²) in [5.74, 6) is 1.28. The lowest BCUT2D eigenvalue weighted by molar-refractivity contribution is 0.0605. The molecule has 0 aliphatic heterocycles. The summed E-state index contributed by atoms with van der Waals surface area (Å²) in [4.78, 5) is 25.1. The second-order valence-corrected chi connectivity index (χ2v) is 7.69. The summed E-state index contributed by atoms with van der Waals surface area (Å²) in [6.07, 6.45) is 2.14. The zero-order valence-electron chi connectivity index (χ0n) is 15.4. The van der Waals surface area contributed by atoms with Gasteiger partial charge in [-0.15, -0.1) is 11.3 Å². The van der Waals surface area contributed by atoms with E-state index in [2.05, 4.69) is 41.2 Å². The molecule has 2 heterocycles. The van der Waals surface area contributed by atoms with Gasteiger partial charge in [0, 0.05) is 7.05 Å². The number of rotatable bonds is 3. The molecule has 1 atom stereocenters. The van der Waals surface area contributed by atoms with Gasteiger partial charge in [-0.1, -0.05) is 24.3 Å². The number of thiophene rings is 1. The molecule has 1 aromatic carbocycles. The number of aryl methyl sites for hydroxylation is 3. The van der Waals surface area contributed by atoms with Gasteiger partial charge in [0.2, 0.25) is 0 Å². The molecule has 0 radical (unpaired) electrons. The van der Waals surface area contributed by atoms with Gasteiger partial charge in [-0.05, 0) is 43.4 Å². The van der Waals surface area contributed by atoms with Crippen LogP contribution in [0.15, 0.2) is 24.3 Å². The topological polar surface area (TPSA) is 55.3 Å². The average Bonchev–Trinajstić information content (AvgIpc) is 3.21. The standard InChI is InChI=1S/C20H21N3O2S/c1-11-16-18(21-12(2)22-19(16)26-17(11)20(24)25-4)23(3)15-10-9-13-7-5-6-8-14(13)15/h5-8,15H,9-10H2,1-4H3/t15-/m1/s1. The van der Waals surface area contributed by atoms with Crippen molar-refractivity contribution in [1.29, 1.82) is 0 Å². The Bertz CT molecular complexity index is 1010. The summed E-state index contributed by atoms with van der Waals surface area (Å²) in [5, 5.41) is 0.952. The first-order chi connectivity index (χ1) is 12.5. The highest BCUT2D eigenvalue weighted by atomic mass is 32.1. The van der Waals surface area contributed by atoms with Crippen LogP contribution < -0.4 is 4.90 Å². The molecule has 0 unspecified atom stereocenters. The van der Waals surface area contributed by atoms with Crippen molar-refractivity contribution in [2.24, 2.45) is 0 Å². The second kappa shape index (κ2) is 6.36. The molecular formula is C20H21N3O2S. The highest BCUT2D eigenvalue weighted by Crippen LogP contribution is 2.41. The van der Waals surface area contributed by atoms with E-state index in [4.69, 9.17) is 9.72 Å². The quantitative estimate of drug-likeness (QED) is 0.649. The molecular weight excluding hydrogens is 346 g/mol. The Morgan fingerprint density at radius 3 is 2.81 bits per heavy atom. The molecule has 0 saturated heterocycles. The first-order valence-electron chi connectivity index (χ1n) is 8.68. The predicted octanol–water partition coefficient (Wildman–Crippen LogP) is 4.22. The van der Waals surface area contributed by atoms with Gasteiger partial charge in [0.15, 0.2) is 0 Å². The van der Waals surface area contributed by atoms with Gasteiger partial charge in [-0.25, -0.2) is 14.8 Å². The number of methoxy groups -OCH3 is 1. The predicted molar refractivity (Wildman–Crippen MR) is 104 cm³/mol. The Hall–Kier alpha value is -2.47. The Morgan fingerprint density at radius 1 is 1.27 bits per heavy atom. The third-order valence-corrected chi connectivity index (χ3v) is 6.32. The van der Waals surface area contributed by atoms with Crippen molar-refractivity contribution in [3.05, 3.63) is 51.7 Å². The lowest BCUT2D eigenvalue weighted by Crippen LogP contribution is -2.24. The Kier molecular flexibility index (Phi) is 4.15. The van der Waals surface area contributed by atoms with E-state index < -0.39 is 0 Å². The maximum Gasteiger partial charge on any atom is 0.348 e. The van der Waals surface area contributed by atoms with E-state index in [1.807, 2.05) is 13.8 Å². The van der Waals surface area contributed by atoms with E-state index in [9.17, 15) is 4.79 Å². The molecule has 3 aromatic rings. The van der Waals surface area contributed by atoms with Crippen molar-refractivity contribution in [1.82, 2.24) is 9.97 Å². The molecule has 1 aliphatic rings. The van der Waals surface area contributed by atoms with Crippen LogP contribution in [0.1, 0.15) is 44.6 Å². The van der Waals surface area contributed by atoms with Gasteiger partial charge in [0.05, 0.1) is 18.5 Å². The van der Waals surface area contributed by atoms with E-state index >= 15 is 0 Å². The maximum absolute atomic E-state index is 12.1. The minimum absolute atomic E-state index is 0.282. The van der Waals surface area contributed by atoms with Crippen LogP contribution in [0.3, 0.4) is 0 Å². The van der Waals surface area contributed by atoms with Crippen LogP contribution in [0, 0.1) is 13.8 Å². The number of ether oxygens (including phenoxy) is 1. The van der Waals surface area contributed by atoms with Crippen LogP contribution in [0.5, 0.6) is 0 Å². The zero-order chi connectivity index (χ0) is 18.4. The highest BCUT2D eigenvalue weighted by molar-refractivity contribution is 7.20. The van der Waals surface area contributed by atoms with Gasteiger partial charge in [-0.3, -0.25) is 0 Å². The van der Waals surface area contributed by atoms with Crippen LogP contribution in [0.25, 0.3) is 10.2 Å². The van der Waals surface area contributed by atoms with E-state index in [0.717, 1.165) is 34.4 Å². The molecule has 0 bridgehead atoms. The van der Waals surface area contributed by atoms with Crippen molar-refractivity contribution < 1.29 is 9.53 Å². The van der Waals surface area contributed by atoms with Crippen LogP contribution in [0.2, 0.25) is 0 Å². The number of benzene rings is 1. The molecule has 1 aliphatic carbocycles. The minimum atomic E-state index is -0.317. The summed E-state index contributed by atoms with van der Waals surface area (Å²) >= 11 is 1.38. The number of carbonyl (C=O) groups is 1. The summed E-state index contributed by atoms with van der Waals surface area (Å²) in [7, 11) is 3.49. The molecule has 6 heteroatoms. The maximum atomic E-state index is 12.1. The Labute approximate surface area is 156 Å². The van der Waals surface area contributed by atoms with Crippen molar-refractivity contribution in [3.63, 3.8) is 0 Å². The first kappa shape index (κ1) is 17.0. The SMILES string of the molecule is COC(=O)c1sc2nc(C)nc(N(C)[C@@H]3CCc4ccccc43)c2c1C. The average molecular weight is 367 g/mol. The Balaban J connectivity index is 1.86. The van der Waals surface area contributed by atoms with Crippen molar-refractivity contribution in [3.8, 4) is 0 Å². The fourth-order valence-electron chi connectivity index (χ4n) is 3.85. The molecule has 0 spiro atoms. The number of hydrogen-bond acceptors (Lipinski definition) is 6. The number of carbonyl (C=O) groups excluding carboxylic acids is 1. The molecule has 4 rings (SSSR count). The Morgan fingerprint density at radius 2 is 2.04 bits per heavy atom. The third kappa shape index (κ3) is 2.56. The molecule has 0 N–H and O–H groups in total.